The lowest BCUT2D eigenvalue weighted by Gasteiger charge is -2.29. The van der Waals surface area contributed by atoms with Gasteiger partial charge in [0.15, 0.2) is 0 Å². The minimum Gasteiger partial charge on any atom is -0.350 e. The summed E-state index contributed by atoms with van der Waals surface area (Å²) >= 11 is 1.22. The molecule has 1 aliphatic heterocycles. The number of benzene rings is 2. The molecule has 0 spiro atoms. The van der Waals surface area contributed by atoms with Gasteiger partial charge in [-0.05, 0) is 47.5 Å². The molecule has 0 saturated carbocycles. The lowest BCUT2D eigenvalue weighted by atomic mass is 10.1. The number of hydrogen-bond donors (Lipinski definition) is 1. The highest BCUT2D eigenvalue weighted by molar-refractivity contribution is 8.04. The normalized spacial score (nSPS) is 14.8. The Balaban J connectivity index is 1.55. The van der Waals surface area contributed by atoms with Crippen molar-refractivity contribution in [3.63, 3.8) is 0 Å². The van der Waals surface area contributed by atoms with Gasteiger partial charge in [0.1, 0.15) is 6.54 Å². The standard InChI is InChI=1S/C24H18F3N3O2S/c25-24(26,27)18-9-7-16(8-10-18)12-21-23(32)30(19-5-1-2-6-20(19)33-21)15-22(31)29-14-17-4-3-11-28-13-17/h1-13H,14-15H2,(H,29,31). The second kappa shape index (κ2) is 9.50. The Morgan fingerprint density at radius 3 is 2.52 bits per heavy atom. The summed E-state index contributed by atoms with van der Waals surface area (Å²) < 4.78 is 38.5. The van der Waals surface area contributed by atoms with Crippen molar-refractivity contribution >= 4 is 35.3 Å². The van der Waals surface area contributed by atoms with E-state index >= 15 is 0 Å². The fraction of sp³-hybridized carbons (Fsp3) is 0.125. The van der Waals surface area contributed by atoms with Gasteiger partial charge in [-0.3, -0.25) is 19.5 Å². The number of amides is 2. The van der Waals surface area contributed by atoms with Crippen LogP contribution < -0.4 is 10.2 Å². The predicted molar refractivity (Wildman–Crippen MR) is 120 cm³/mol. The molecule has 9 heteroatoms. The Hall–Kier alpha value is -3.59. The molecular weight excluding hydrogens is 451 g/mol. The summed E-state index contributed by atoms with van der Waals surface area (Å²) in [6.07, 6.45) is 0.379. The second-order valence-corrected chi connectivity index (χ2v) is 8.31. The summed E-state index contributed by atoms with van der Waals surface area (Å²) in [5.41, 5.74) is 1.13. The van der Waals surface area contributed by atoms with Crippen LogP contribution in [0.4, 0.5) is 18.9 Å². The van der Waals surface area contributed by atoms with E-state index < -0.39 is 17.6 Å². The van der Waals surface area contributed by atoms with Crippen molar-refractivity contribution in [3.05, 3.63) is 94.7 Å². The van der Waals surface area contributed by atoms with E-state index in [0.29, 0.717) is 16.2 Å². The van der Waals surface area contributed by atoms with Crippen LogP contribution in [-0.2, 0) is 22.3 Å². The highest BCUT2D eigenvalue weighted by Crippen LogP contribution is 2.42. The van der Waals surface area contributed by atoms with Crippen molar-refractivity contribution in [3.8, 4) is 0 Å². The van der Waals surface area contributed by atoms with Crippen molar-refractivity contribution in [2.24, 2.45) is 0 Å². The number of para-hydroxylation sites is 1. The molecule has 0 radical (unpaired) electrons. The third-order valence-electron chi connectivity index (χ3n) is 4.88. The zero-order valence-electron chi connectivity index (χ0n) is 17.2. The van der Waals surface area contributed by atoms with Gasteiger partial charge >= 0.3 is 6.18 Å². The van der Waals surface area contributed by atoms with E-state index in [4.69, 9.17) is 0 Å². The van der Waals surface area contributed by atoms with Gasteiger partial charge in [-0.25, -0.2) is 0 Å². The molecule has 0 aliphatic carbocycles. The Morgan fingerprint density at radius 1 is 1.06 bits per heavy atom. The van der Waals surface area contributed by atoms with E-state index in [2.05, 4.69) is 10.3 Å². The lowest BCUT2D eigenvalue weighted by molar-refractivity contribution is -0.137. The van der Waals surface area contributed by atoms with Crippen LogP contribution in [0, 0.1) is 0 Å². The molecule has 1 aliphatic rings. The zero-order chi connectivity index (χ0) is 23.4. The van der Waals surface area contributed by atoms with Gasteiger partial charge in [0.05, 0.1) is 16.2 Å². The molecule has 5 nitrogen and oxygen atoms in total. The number of alkyl halides is 3. The molecule has 33 heavy (non-hydrogen) atoms. The van der Waals surface area contributed by atoms with Crippen molar-refractivity contribution in [2.45, 2.75) is 17.6 Å². The largest absolute Gasteiger partial charge is 0.416 e. The topological polar surface area (TPSA) is 62.3 Å². The number of pyridine rings is 1. The number of nitrogens with zero attached hydrogens (tertiary/aromatic N) is 2. The smallest absolute Gasteiger partial charge is 0.350 e. The van der Waals surface area contributed by atoms with Crippen LogP contribution in [0.5, 0.6) is 0 Å². The summed E-state index contributed by atoms with van der Waals surface area (Å²) in [5.74, 6) is -0.738. The third kappa shape index (κ3) is 5.43. The van der Waals surface area contributed by atoms with Gasteiger partial charge < -0.3 is 5.32 Å². The first kappa shape index (κ1) is 22.6. The summed E-state index contributed by atoms with van der Waals surface area (Å²) in [6.45, 7) is 0.0837. The van der Waals surface area contributed by atoms with E-state index in [1.165, 1.54) is 34.9 Å². The first-order valence-electron chi connectivity index (χ1n) is 9.94. The van der Waals surface area contributed by atoms with Crippen molar-refractivity contribution in [2.75, 3.05) is 11.4 Å². The van der Waals surface area contributed by atoms with Crippen LogP contribution in [0.3, 0.4) is 0 Å². The predicted octanol–water partition coefficient (Wildman–Crippen LogP) is 4.90. The van der Waals surface area contributed by atoms with E-state index in [-0.39, 0.29) is 19.0 Å². The number of rotatable bonds is 5. The van der Waals surface area contributed by atoms with Crippen molar-refractivity contribution in [1.82, 2.24) is 10.3 Å². The van der Waals surface area contributed by atoms with Gasteiger partial charge in [0, 0.05) is 23.8 Å². The third-order valence-corrected chi connectivity index (χ3v) is 5.96. The molecule has 3 aromatic rings. The van der Waals surface area contributed by atoms with Crippen LogP contribution >= 0.6 is 11.8 Å². The molecule has 1 N–H and O–H groups in total. The van der Waals surface area contributed by atoms with Crippen molar-refractivity contribution in [1.29, 1.82) is 0 Å². The van der Waals surface area contributed by atoms with Crippen LogP contribution in [0.2, 0.25) is 0 Å². The lowest BCUT2D eigenvalue weighted by Crippen LogP contribution is -2.42. The molecule has 168 valence electrons. The molecule has 2 amide bonds. The quantitative estimate of drug-likeness (QED) is 0.540. The minimum absolute atomic E-state index is 0.193. The van der Waals surface area contributed by atoms with E-state index in [0.717, 1.165) is 22.6 Å². The number of hydrogen-bond acceptors (Lipinski definition) is 4. The maximum absolute atomic E-state index is 13.2. The van der Waals surface area contributed by atoms with Gasteiger partial charge in [0.2, 0.25) is 5.91 Å². The monoisotopic (exact) mass is 469 g/mol. The highest BCUT2D eigenvalue weighted by atomic mass is 32.2. The molecule has 1 aromatic heterocycles. The Bertz CT molecular complexity index is 1200. The van der Waals surface area contributed by atoms with E-state index in [9.17, 15) is 22.8 Å². The van der Waals surface area contributed by atoms with Gasteiger partial charge in [0.25, 0.3) is 5.91 Å². The maximum atomic E-state index is 13.2. The molecule has 4 rings (SSSR count). The number of halogens is 3. The van der Waals surface area contributed by atoms with Crippen LogP contribution in [0.15, 0.2) is 82.9 Å². The van der Waals surface area contributed by atoms with Gasteiger partial charge in [-0.1, -0.05) is 42.1 Å². The Labute approximate surface area is 192 Å². The number of anilines is 1. The number of aromatic nitrogens is 1. The molecule has 0 unspecified atom stereocenters. The highest BCUT2D eigenvalue weighted by Gasteiger charge is 2.31. The first-order chi connectivity index (χ1) is 15.8. The average molecular weight is 469 g/mol. The number of thioether (sulfide) groups is 1. The average Bonchev–Trinajstić information content (AvgIpc) is 2.81. The molecule has 0 bridgehead atoms. The number of carbonyl (C=O) groups excluding carboxylic acids is 2. The number of fused-ring (bicyclic) bond motifs is 1. The van der Waals surface area contributed by atoms with E-state index in [1.807, 2.05) is 18.2 Å². The zero-order valence-corrected chi connectivity index (χ0v) is 18.0. The minimum atomic E-state index is -4.43. The second-order valence-electron chi connectivity index (χ2n) is 7.23. The van der Waals surface area contributed by atoms with Crippen LogP contribution in [0.1, 0.15) is 16.7 Å². The number of carbonyl (C=O) groups is 2. The molecule has 0 saturated heterocycles. The van der Waals surface area contributed by atoms with Gasteiger partial charge in [-0.15, -0.1) is 0 Å². The fourth-order valence-corrected chi connectivity index (χ4v) is 4.30. The van der Waals surface area contributed by atoms with Crippen LogP contribution in [0.25, 0.3) is 6.08 Å². The Morgan fingerprint density at radius 2 is 1.82 bits per heavy atom. The fourth-order valence-electron chi connectivity index (χ4n) is 3.24. The van der Waals surface area contributed by atoms with E-state index in [1.54, 1.807) is 30.6 Å². The summed E-state index contributed by atoms with van der Waals surface area (Å²) in [6, 6.07) is 15.3. The first-order valence-corrected chi connectivity index (χ1v) is 10.8. The summed E-state index contributed by atoms with van der Waals surface area (Å²) in [4.78, 5) is 32.2. The summed E-state index contributed by atoms with van der Waals surface area (Å²) in [5, 5.41) is 2.78. The molecular formula is C24H18F3N3O2S. The maximum Gasteiger partial charge on any atom is 0.416 e. The summed E-state index contributed by atoms with van der Waals surface area (Å²) in [7, 11) is 0. The van der Waals surface area contributed by atoms with Crippen molar-refractivity contribution < 1.29 is 22.8 Å². The number of nitrogens with one attached hydrogen (secondary N) is 1. The SMILES string of the molecule is O=C(CN1C(=O)C(=Cc2ccc(C(F)(F)F)cc2)Sc2ccccc21)NCc1cccnc1. The molecule has 0 atom stereocenters. The molecule has 0 fully saturated rings. The van der Waals surface area contributed by atoms with Crippen LogP contribution in [-0.4, -0.2) is 23.3 Å². The Kier molecular flexibility index (Phi) is 6.50. The molecule has 2 aromatic carbocycles. The molecule has 2 heterocycles. The van der Waals surface area contributed by atoms with Gasteiger partial charge in [-0.2, -0.15) is 13.2 Å².